The molecule has 3 aromatic carbocycles. The van der Waals surface area contributed by atoms with Gasteiger partial charge in [-0.3, -0.25) is 9.36 Å². The van der Waals surface area contributed by atoms with Gasteiger partial charge in [-0.1, -0.05) is 29.5 Å². The van der Waals surface area contributed by atoms with Crippen molar-refractivity contribution in [2.45, 2.75) is 0 Å². The third-order valence-electron chi connectivity index (χ3n) is 4.35. The fourth-order valence-electron chi connectivity index (χ4n) is 2.92. The van der Waals surface area contributed by atoms with Gasteiger partial charge < -0.3 is 9.47 Å². The zero-order chi connectivity index (χ0) is 19.5. The molecule has 140 valence electrons. The summed E-state index contributed by atoms with van der Waals surface area (Å²) in [5, 5.41) is 0. The van der Waals surface area contributed by atoms with Crippen LogP contribution in [0.4, 0.5) is 0 Å². The molecular formula is C22H18N2O3S. The average molecular weight is 390 g/mol. The van der Waals surface area contributed by atoms with Gasteiger partial charge in [-0.15, -0.1) is 0 Å². The molecular weight excluding hydrogens is 372 g/mol. The van der Waals surface area contributed by atoms with E-state index in [0.29, 0.717) is 10.4 Å². The van der Waals surface area contributed by atoms with Gasteiger partial charge in [0.25, 0.3) is 5.91 Å². The second-order valence-corrected chi connectivity index (χ2v) is 7.04. The topological polar surface area (TPSA) is 52.8 Å². The number of rotatable bonds is 4. The van der Waals surface area contributed by atoms with E-state index in [1.807, 2.05) is 65.2 Å². The maximum atomic E-state index is 12.7. The Hall–Kier alpha value is -3.38. The van der Waals surface area contributed by atoms with E-state index in [-0.39, 0.29) is 5.91 Å². The van der Waals surface area contributed by atoms with E-state index in [9.17, 15) is 4.79 Å². The fourth-order valence-corrected chi connectivity index (χ4v) is 3.98. The lowest BCUT2D eigenvalue weighted by Crippen LogP contribution is -2.15. The van der Waals surface area contributed by atoms with E-state index < -0.39 is 0 Å². The van der Waals surface area contributed by atoms with Crippen molar-refractivity contribution in [3.63, 3.8) is 0 Å². The number of hydrogen-bond donors (Lipinski definition) is 0. The van der Waals surface area contributed by atoms with Crippen molar-refractivity contribution in [2.24, 2.45) is 4.99 Å². The zero-order valence-corrected chi connectivity index (χ0v) is 16.3. The van der Waals surface area contributed by atoms with Crippen LogP contribution in [0.5, 0.6) is 11.5 Å². The standard InChI is InChI=1S/C22H18N2O3S/c1-26-17-10-8-16(9-11-17)24-19-13-12-18(27-2)14-20(19)28-22(24)23-21(25)15-6-4-3-5-7-15/h3-14H,1-2H3/b23-22-. The van der Waals surface area contributed by atoms with Crippen molar-refractivity contribution in [1.82, 2.24) is 4.57 Å². The first-order valence-electron chi connectivity index (χ1n) is 8.68. The van der Waals surface area contributed by atoms with Gasteiger partial charge in [-0.25, -0.2) is 0 Å². The van der Waals surface area contributed by atoms with Crippen LogP contribution in [0.3, 0.4) is 0 Å². The molecule has 0 bridgehead atoms. The number of ether oxygens (including phenoxy) is 2. The molecule has 0 saturated carbocycles. The van der Waals surface area contributed by atoms with Crippen molar-refractivity contribution in [3.05, 3.63) is 83.2 Å². The summed E-state index contributed by atoms with van der Waals surface area (Å²) in [7, 11) is 3.27. The largest absolute Gasteiger partial charge is 0.497 e. The van der Waals surface area contributed by atoms with Gasteiger partial charge in [0, 0.05) is 11.3 Å². The lowest BCUT2D eigenvalue weighted by molar-refractivity contribution is 0.0998. The Morgan fingerprint density at radius 1 is 0.893 bits per heavy atom. The van der Waals surface area contributed by atoms with Gasteiger partial charge in [0.15, 0.2) is 4.80 Å². The normalized spacial score (nSPS) is 11.6. The Kier molecular flexibility index (Phi) is 4.95. The molecule has 0 fully saturated rings. The molecule has 0 N–H and O–H groups in total. The van der Waals surface area contributed by atoms with Gasteiger partial charge in [0.1, 0.15) is 11.5 Å². The first kappa shape index (κ1) is 18.0. The van der Waals surface area contributed by atoms with Crippen molar-refractivity contribution in [2.75, 3.05) is 14.2 Å². The van der Waals surface area contributed by atoms with Crippen LogP contribution in [0.1, 0.15) is 10.4 Å². The van der Waals surface area contributed by atoms with Crippen LogP contribution >= 0.6 is 11.3 Å². The second kappa shape index (κ2) is 7.70. The molecule has 0 atom stereocenters. The van der Waals surface area contributed by atoms with Gasteiger partial charge >= 0.3 is 0 Å². The number of amides is 1. The number of carbonyl (C=O) groups excluding carboxylic acids is 1. The van der Waals surface area contributed by atoms with Crippen LogP contribution in [-0.4, -0.2) is 24.7 Å². The molecule has 1 heterocycles. The molecule has 1 aromatic heterocycles. The average Bonchev–Trinajstić information content (AvgIpc) is 3.11. The summed E-state index contributed by atoms with van der Waals surface area (Å²) in [5.41, 5.74) is 2.41. The number of nitrogens with zero attached hydrogens (tertiary/aromatic N) is 2. The summed E-state index contributed by atoms with van der Waals surface area (Å²) in [5.74, 6) is 1.25. The maximum Gasteiger partial charge on any atom is 0.279 e. The molecule has 0 aliphatic rings. The van der Waals surface area contributed by atoms with Crippen LogP contribution in [-0.2, 0) is 0 Å². The predicted molar refractivity (Wildman–Crippen MR) is 111 cm³/mol. The highest BCUT2D eigenvalue weighted by atomic mass is 32.1. The minimum Gasteiger partial charge on any atom is -0.497 e. The van der Waals surface area contributed by atoms with Crippen LogP contribution in [0, 0.1) is 0 Å². The number of thiazole rings is 1. The SMILES string of the molecule is COc1ccc(-n2/c(=N/C(=O)c3ccccc3)sc3cc(OC)ccc32)cc1. The first-order valence-corrected chi connectivity index (χ1v) is 9.49. The molecule has 0 aliphatic heterocycles. The summed E-state index contributed by atoms with van der Waals surface area (Å²) in [4.78, 5) is 17.7. The number of methoxy groups -OCH3 is 2. The Morgan fingerprint density at radius 2 is 1.57 bits per heavy atom. The number of carbonyl (C=O) groups is 1. The minimum atomic E-state index is -0.276. The molecule has 0 spiro atoms. The molecule has 28 heavy (non-hydrogen) atoms. The highest BCUT2D eigenvalue weighted by Crippen LogP contribution is 2.26. The molecule has 1 amide bonds. The van der Waals surface area contributed by atoms with E-state index in [4.69, 9.17) is 9.47 Å². The van der Waals surface area contributed by atoms with Crippen LogP contribution < -0.4 is 14.3 Å². The smallest absolute Gasteiger partial charge is 0.279 e. The van der Waals surface area contributed by atoms with Crippen LogP contribution in [0.2, 0.25) is 0 Å². The summed E-state index contributed by atoms with van der Waals surface area (Å²) >= 11 is 1.45. The second-order valence-electron chi connectivity index (χ2n) is 6.03. The van der Waals surface area contributed by atoms with E-state index in [1.54, 1.807) is 26.4 Å². The van der Waals surface area contributed by atoms with Gasteiger partial charge in [-0.2, -0.15) is 4.99 Å². The molecule has 5 nitrogen and oxygen atoms in total. The number of fused-ring (bicyclic) bond motifs is 1. The lowest BCUT2D eigenvalue weighted by Gasteiger charge is -2.07. The molecule has 0 saturated heterocycles. The lowest BCUT2D eigenvalue weighted by atomic mass is 10.2. The summed E-state index contributed by atoms with van der Waals surface area (Å²) in [6.45, 7) is 0. The summed E-state index contributed by atoms with van der Waals surface area (Å²) in [6, 6.07) is 22.6. The quantitative estimate of drug-likeness (QED) is 0.517. The minimum absolute atomic E-state index is 0.276. The van der Waals surface area contributed by atoms with Crippen molar-refractivity contribution >= 4 is 27.5 Å². The van der Waals surface area contributed by atoms with Crippen molar-refractivity contribution < 1.29 is 14.3 Å². The first-order chi connectivity index (χ1) is 13.7. The van der Waals surface area contributed by atoms with E-state index >= 15 is 0 Å². The summed E-state index contributed by atoms with van der Waals surface area (Å²) < 4.78 is 13.6. The van der Waals surface area contributed by atoms with Gasteiger partial charge in [0.2, 0.25) is 0 Å². The van der Waals surface area contributed by atoms with Crippen molar-refractivity contribution in [1.29, 1.82) is 0 Å². The Bertz CT molecular complexity index is 1190. The highest BCUT2D eigenvalue weighted by molar-refractivity contribution is 7.16. The number of benzene rings is 3. The van der Waals surface area contributed by atoms with Crippen molar-refractivity contribution in [3.8, 4) is 17.2 Å². The van der Waals surface area contributed by atoms with E-state index in [1.165, 1.54) is 11.3 Å². The molecule has 4 rings (SSSR count). The molecule has 4 aromatic rings. The van der Waals surface area contributed by atoms with Crippen LogP contribution in [0.15, 0.2) is 77.8 Å². The molecule has 0 unspecified atom stereocenters. The number of aromatic nitrogens is 1. The fraction of sp³-hybridized carbons (Fsp3) is 0.0909. The third kappa shape index (κ3) is 3.42. The number of hydrogen-bond acceptors (Lipinski definition) is 4. The zero-order valence-electron chi connectivity index (χ0n) is 15.5. The van der Waals surface area contributed by atoms with Gasteiger partial charge in [-0.05, 0) is 54.6 Å². The Morgan fingerprint density at radius 3 is 2.25 bits per heavy atom. The predicted octanol–water partition coefficient (Wildman–Crippen LogP) is 4.45. The monoisotopic (exact) mass is 390 g/mol. The van der Waals surface area contributed by atoms with E-state index in [2.05, 4.69) is 4.99 Å². The molecule has 0 aliphatic carbocycles. The third-order valence-corrected chi connectivity index (χ3v) is 5.35. The van der Waals surface area contributed by atoms with Gasteiger partial charge in [0.05, 0.1) is 24.4 Å². The Balaban J connectivity index is 1.93. The summed E-state index contributed by atoms with van der Waals surface area (Å²) in [6.07, 6.45) is 0. The van der Waals surface area contributed by atoms with Crippen LogP contribution in [0.25, 0.3) is 15.9 Å². The molecule has 6 heteroatoms. The maximum absolute atomic E-state index is 12.7. The van der Waals surface area contributed by atoms with E-state index in [0.717, 1.165) is 27.4 Å². The highest BCUT2D eigenvalue weighted by Gasteiger charge is 2.12. The molecule has 0 radical (unpaired) electrons. The Labute approximate surface area is 166 Å².